The first kappa shape index (κ1) is 21.5. The number of nitrogens with two attached hydrogens (primary N) is 2. The van der Waals surface area contributed by atoms with Crippen molar-refractivity contribution in [2.45, 2.75) is 31.0 Å². The van der Waals surface area contributed by atoms with Gasteiger partial charge in [-0.05, 0) is 18.4 Å². The van der Waals surface area contributed by atoms with Crippen molar-refractivity contribution >= 4 is 48.1 Å². The van der Waals surface area contributed by atoms with Gasteiger partial charge in [-0.1, -0.05) is 0 Å². The number of carbonyl (C=O) groups is 4. The van der Waals surface area contributed by atoms with Gasteiger partial charge >= 0.3 is 5.97 Å². The third-order valence-electron chi connectivity index (χ3n) is 2.81. The molecule has 23 heavy (non-hydrogen) atoms. The molecule has 0 rings (SSSR count). The van der Waals surface area contributed by atoms with Gasteiger partial charge in [-0.25, -0.2) is 4.79 Å². The second-order valence-electron chi connectivity index (χ2n) is 4.70. The van der Waals surface area contributed by atoms with E-state index in [1.54, 1.807) is 0 Å². The Labute approximate surface area is 143 Å². The van der Waals surface area contributed by atoms with Crippen LogP contribution in [-0.2, 0) is 19.2 Å². The van der Waals surface area contributed by atoms with Gasteiger partial charge in [0, 0.05) is 5.75 Å². The smallest absolute Gasteiger partial charge is 0.326 e. The van der Waals surface area contributed by atoms with Gasteiger partial charge in [-0.15, -0.1) is 0 Å². The van der Waals surface area contributed by atoms with Crippen LogP contribution < -0.4 is 22.1 Å². The van der Waals surface area contributed by atoms with Crippen LogP contribution in [0.2, 0.25) is 0 Å². The molecule has 11 heteroatoms. The van der Waals surface area contributed by atoms with Crippen molar-refractivity contribution in [1.82, 2.24) is 10.6 Å². The molecular weight excluding hydrogens is 344 g/mol. The van der Waals surface area contributed by atoms with E-state index < -0.39 is 48.2 Å². The number of thiol groups is 1. The summed E-state index contributed by atoms with van der Waals surface area (Å²) in [6.45, 7) is 0. The van der Waals surface area contributed by atoms with E-state index in [0.29, 0.717) is 12.2 Å². The first-order valence-electron chi connectivity index (χ1n) is 6.70. The quantitative estimate of drug-likeness (QED) is 0.228. The van der Waals surface area contributed by atoms with E-state index in [9.17, 15) is 19.2 Å². The summed E-state index contributed by atoms with van der Waals surface area (Å²) in [4.78, 5) is 45.7. The summed E-state index contributed by atoms with van der Waals surface area (Å²) in [5.41, 5.74) is 10.6. The number of amides is 3. The molecule has 3 unspecified atom stereocenters. The highest BCUT2D eigenvalue weighted by atomic mass is 32.2. The molecule has 3 amide bonds. The summed E-state index contributed by atoms with van der Waals surface area (Å²) >= 11 is 5.49. The molecule has 0 saturated heterocycles. The van der Waals surface area contributed by atoms with Gasteiger partial charge in [0.15, 0.2) is 0 Å². The second kappa shape index (κ2) is 11.1. The lowest BCUT2D eigenvalue weighted by atomic mass is 10.1. The first-order valence-corrected chi connectivity index (χ1v) is 8.72. The molecule has 0 saturated carbocycles. The van der Waals surface area contributed by atoms with Gasteiger partial charge < -0.3 is 27.2 Å². The van der Waals surface area contributed by atoms with Crippen molar-refractivity contribution in [1.29, 1.82) is 0 Å². The molecule has 0 aliphatic heterocycles. The number of hydrogen-bond acceptors (Lipinski definition) is 7. The monoisotopic (exact) mass is 366 g/mol. The average Bonchev–Trinajstić information content (AvgIpc) is 2.48. The van der Waals surface area contributed by atoms with Crippen LogP contribution in [0, 0.1) is 0 Å². The Balaban J connectivity index is 4.69. The fraction of sp³-hybridized carbons (Fsp3) is 0.667. The number of carboxylic acid groups (broad SMARTS) is 1. The highest BCUT2D eigenvalue weighted by molar-refractivity contribution is 7.98. The maximum absolute atomic E-state index is 12.0. The Morgan fingerprint density at radius 3 is 2.17 bits per heavy atom. The van der Waals surface area contributed by atoms with E-state index in [0.717, 1.165) is 0 Å². The molecule has 0 aromatic carbocycles. The summed E-state index contributed by atoms with van der Waals surface area (Å²) in [6.07, 6.45) is 1.76. The van der Waals surface area contributed by atoms with Crippen LogP contribution in [0.3, 0.4) is 0 Å². The van der Waals surface area contributed by atoms with Gasteiger partial charge in [0.05, 0.1) is 12.5 Å². The van der Waals surface area contributed by atoms with Crippen molar-refractivity contribution in [3.05, 3.63) is 0 Å². The molecule has 3 atom stereocenters. The van der Waals surface area contributed by atoms with E-state index >= 15 is 0 Å². The molecule has 0 aliphatic rings. The third kappa shape index (κ3) is 8.67. The lowest BCUT2D eigenvalue weighted by Crippen LogP contribution is -2.55. The van der Waals surface area contributed by atoms with E-state index in [2.05, 4.69) is 23.3 Å². The maximum Gasteiger partial charge on any atom is 0.326 e. The number of nitrogens with one attached hydrogen (secondary N) is 2. The number of primary amides is 1. The highest BCUT2D eigenvalue weighted by Gasteiger charge is 2.27. The van der Waals surface area contributed by atoms with E-state index in [-0.39, 0.29) is 5.75 Å². The van der Waals surface area contributed by atoms with Gasteiger partial charge in [0.25, 0.3) is 0 Å². The van der Waals surface area contributed by atoms with Crippen molar-refractivity contribution in [2.75, 3.05) is 17.8 Å². The van der Waals surface area contributed by atoms with E-state index in [4.69, 9.17) is 16.6 Å². The Bertz CT molecular complexity index is 449. The maximum atomic E-state index is 12.0. The molecule has 0 heterocycles. The molecule has 0 radical (unpaired) electrons. The van der Waals surface area contributed by atoms with Crippen LogP contribution in [0.15, 0.2) is 0 Å². The number of carboxylic acids is 1. The lowest BCUT2D eigenvalue weighted by Gasteiger charge is -2.21. The first-order chi connectivity index (χ1) is 10.7. The Morgan fingerprint density at radius 1 is 1.17 bits per heavy atom. The van der Waals surface area contributed by atoms with Gasteiger partial charge in [0.1, 0.15) is 12.1 Å². The van der Waals surface area contributed by atoms with Crippen LogP contribution in [0.5, 0.6) is 0 Å². The minimum Gasteiger partial charge on any atom is -0.480 e. The van der Waals surface area contributed by atoms with Crippen LogP contribution >= 0.6 is 24.4 Å². The number of aliphatic carboxylic acids is 1. The number of hydrogen-bond donors (Lipinski definition) is 6. The molecule has 0 bridgehead atoms. The zero-order chi connectivity index (χ0) is 18.0. The minimum atomic E-state index is -1.47. The molecule has 0 aliphatic carbocycles. The molecule has 9 nitrogen and oxygen atoms in total. The summed E-state index contributed by atoms with van der Waals surface area (Å²) in [5, 5.41) is 13.5. The predicted molar refractivity (Wildman–Crippen MR) is 90.1 cm³/mol. The minimum absolute atomic E-state index is 0.0598. The lowest BCUT2D eigenvalue weighted by molar-refractivity contribution is -0.143. The van der Waals surface area contributed by atoms with Crippen LogP contribution in [0.1, 0.15) is 12.8 Å². The van der Waals surface area contributed by atoms with Crippen molar-refractivity contribution < 1.29 is 24.3 Å². The van der Waals surface area contributed by atoms with Crippen LogP contribution in [-0.4, -0.2) is 64.7 Å². The van der Waals surface area contributed by atoms with Crippen molar-refractivity contribution in [2.24, 2.45) is 11.5 Å². The fourth-order valence-corrected chi connectivity index (χ4v) is 2.27. The van der Waals surface area contributed by atoms with Gasteiger partial charge in [0.2, 0.25) is 17.7 Å². The normalized spacial score (nSPS) is 14.4. The van der Waals surface area contributed by atoms with Gasteiger partial charge in [-0.2, -0.15) is 24.4 Å². The number of carbonyl (C=O) groups excluding carboxylic acids is 3. The van der Waals surface area contributed by atoms with Crippen LogP contribution in [0.25, 0.3) is 0 Å². The van der Waals surface area contributed by atoms with Crippen molar-refractivity contribution in [3.63, 3.8) is 0 Å². The Kier molecular flexibility index (Phi) is 10.4. The zero-order valence-electron chi connectivity index (χ0n) is 12.7. The number of thioether (sulfide) groups is 1. The van der Waals surface area contributed by atoms with E-state index in [1.807, 2.05) is 6.26 Å². The fourth-order valence-electron chi connectivity index (χ4n) is 1.52. The summed E-state index contributed by atoms with van der Waals surface area (Å²) in [5.74, 6) is -2.96. The molecule has 0 fully saturated rings. The average molecular weight is 366 g/mol. The highest BCUT2D eigenvalue weighted by Crippen LogP contribution is 2.00. The Morgan fingerprint density at radius 2 is 1.74 bits per heavy atom. The summed E-state index contributed by atoms with van der Waals surface area (Å²) in [7, 11) is 0. The second-order valence-corrected chi connectivity index (χ2v) is 6.05. The SMILES string of the molecule is CSCCC(N)C(=O)NC(CS)C(=O)NC(CC(N)=O)C(=O)O. The topological polar surface area (TPSA) is 165 Å². The zero-order valence-corrected chi connectivity index (χ0v) is 14.4. The predicted octanol–water partition coefficient (Wildman–Crippen LogP) is -2.07. The largest absolute Gasteiger partial charge is 0.480 e. The summed E-state index contributed by atoms with van der Waals surface area (Å²) in [6, 6.07) is -3.32. The molecule has 0 spiro atoms. The Hall–Kier alpha value is -1.46. The molecular formula is C12H22N4O5S2. The standard InChI is InChI=1S/C12H22N4O5S2/c1-23-3-2-6(13)10(18)16-8(5-22)11(19)15-7(12(20)21)4-9(14)17/h6-8,22H,2-5,13H2,1H3,(H2,14,17)(H,15,19)(H,16,18)(H,20,21). The molecule has 0 aromatic rings. The van der Waals surface area contributed by atoms with E-state index in [1.165, 1.54) is 11.8 Å². The van der Waals surface area contributed by atoms with Crippen LogP contribution in [0.4, 0.5) is 0 Å². The molecule has 7 N–H and O–H groups in total. The molecule has 0 aromatic heterocycles. The molecule has 132 valence electrons. The van der Waals surface area contributed by atoms with Gasteiger partial charge in [-0.3, -0.25) is 14.4 Å². The third-order valence-corrected chi connectivity index (χ3v) is 3.81. The van der Waals surface area contributed by atoms with Crippen molar-refractivity contribution in [3.8, 4) is 0 Å². The number of rotatable bonds is 11. The summed E-state index contributed by atoms with van der Waals surface area (Å²) < 4.78 is 0.